The number of amides is 1. The van der Waals surface area contributed by atoms with Crippen molar-refractivity contribution in [1.29, 1.82) is 5.26 Å². The highest BCUT2D eigenvalue weighted by molar-refractivity contribution is 5.99. The van der Waals surface area contributed by atoms with Gasteiger partial charge in [-0.2, -0.15) is 5.26 Å². The van der Waals surface area contributed by atoms with E-state index in [2.05, 4.69) is 17.9 Å². The molecule has 0 radical (unpaired) electrons. The molecule has 2 aliphatic rings. The molecule has 0 aromatic heterocycles. The van der Waals surface area contributed by atoms with Crippen LogP contribution in [0.15, 0.2) is 36.4 Å². The molecule has 2 fully saturated rings. The first-order chi connectivity index (χ1) is 16.4. The van der Waals surface area contributed by atoms with Crippen molar-refractivity contribution in [2.75, 3.05) is 19.6 Å². The molecular formula is C28H32FN3O2. The maximum Gasteiger partial charge on any atom is 0.226 e. The zero-order valence-corrected chi connectivity index (χ0v) is 20.0. The predicted octanol–water partition coefficient (Wildman–Crippen LogP) is 4.65. The Morgan fingerprint density at radius 3 is 2.53 bits per heavy atom. The largest absolute Gasteiger partial charge is 0.337 e. The van der Waals surface area contributed by atoms with Crippen LogP contribution >= 0.6 is 0 Å². The van der Waals surface area contributed by atoms with Crippen LogP contribution in [0, 0.1) is 30.0 Å². The summed E-state index contributed by atoms with van der Waals surface area (Å²) in [4.78, 5) is 30.1. The Labute approximate surface area is 201 Å². The second-order valence-corrected chi connectivity index (χ2v) is 9.70. The third-order valence-electron chi connectivity index (χ3n) is 7.38. The van der Waals surface area contributed by atoms with Gasteiger partial charge in [-0.25, -0.2) is 4.39 Å². The molecule has 34 heavy (non-hydrogen) atoms. The minimum atomic E-state index is -0.361. The molecule has 2 aromatic carbocycles. The number of carbonyl (C=O) groups is 2. The molecule has 1 heterocycles. The van der Waals surface area contributed by atoms with E-state index in [0.717, 1.165) is 49.9 Å². The fourth-order valence-corrected chi connectivity index (χ4v) is 5.39. The van der Waals surface area contributed by atoms with E-state index in [9.17, 15) is 19.2 Å². The van der Waals surface area contributed by atoms with Crippen LogP contribution in [-0.2, 0) is 17.8 Å². The summed E-state index contributed by atoms with van der Waals surface area (Å²) in [5.74, 6) is -0.0692. The molecule has 1 saturated heterocycles. The van der Waals surface area contributed by atoms with Gasteiger partial charge < -0.3 is 4.90 Å². The zero-order chi connectivity index (χ0) is 24.2. The number of benzene rings is 2. The molecule has 1 atom stereocenters. The number of carbonyl (C=O) groups excluding carboxylic acids is 2. The summed E-state index contributed by atoms with van der Waals surface area (Å²) in [5, 5.41) is 9.30. The van der Waals surface area contributed by atoms with Crippen molar-refractivity contribution in [3.05, 3.63) is 70.0 Å². The van der Waals surface area contributed by atoms with Gasteiger partial charge in [0.15, 0.2) is 5.78 Å². The van der Waals surface area contributed by atoms with Crippen molar-refractivity contribution >= 4 is 11.7 Å². The number of rotatable bonds is 6. The van der Waals surface area contributed by atoms with Crippen LogP contribution in [0.2, 0.25) is 0 Å². The van der Waals surface area contributed by atoms with E-state index in [1.807, 2.05) is 11.8 Å². The average molecular weight is 462 g/mol. The number of halogens is 1. The van der Waals surface area contributed by atoms with Crippen LogP contribution in [0.1, 0.15) is 65.2 Å². The standard InChI is InChI=1S/C28H32FN3O2/c1-19-17-31(11-12-32(19)28(34)21-7-3-4-8-21)18-24-14-25(29)13-23(20(24)2)15-27(33)26-10-6-5-9-22(26)16-30/h5-6,9-10,13-14,19,21H,3-4,7-8,11-12,15,17-18H2,1-2H3/t19-/m0/s1. The number of nitriles is 1. The van der Waals surface area contributed by atoms with E-state index < -0.39 is 0 Å². The Morgan fingerprint density at radius 1 is 1.12 bits per heavy atom. The van der Waals surface area contributed by atoms with E-state index in [0.29, 0.717) is 35.7 Å². The molecule has 0 spiro atoms. The second kappa shape index (κ2) is 10.5. The summed E-state index contributed by atoms with van der Waals surface area (Å²) in [6, 6.07) is 11.9. The number of hydrogen-bond acceptors (Lipinski definition) is 4. The predicted molar refractivity (Wildman–Crippen MR) is 129 cm³/mol. The molecule has 1 amide bonds. The lowest BCUT2D eigenvalue weighted by atomic mass is 9.94. The third kappa shape index (κ3) is 5.20. The summed E-state index contributed by atoms with van der Waals surface area (Å²) in [6.45, 7) is 6.79. The van der Waals surface area contributed by atoms with E-state index in [1.54, 1.807) is 30.3 Å². The molecule has 0 unspecified atom stereocenters. The van der Waals surface area contributed by atoms with Gasteiger partial charge in [-0.15, -0.1) is 0 Å². The van der Waals surface area contributed by atoms with Crippen molar-refractivity contribution < 1.29 is 14.0 Å². The number of nitrogens with zero attached hydrogens (tertiary/aromatic N) is 3. The van der Waals surface area contributed by atoms with E-state index in [4.69, 9.17) is 0 Å². The lowest BCUT2D eigenvalue weighted by Crippen LogP contribution is -2.54. The smallest absolute Gasteiger partial charge is 0.226 e. The van der Waals surface area contributed by atoms with Gasteiger partial charge in [-0.1, -0.05) is 31.0 Å². The summed E-state index contributed by atoms with van der Waals surface area (Å²) in [5.41, 5.74) is 3.11. The molecule has 0 N–H and O–H groups in total. The van der Waals surface area contributed by atoms with Crippen molar-refractivity contribution in [3.63, 3.8) is 0 Å². The Kier molecular flexibility index (Phi) is 7.43. The van der Waals surface area contributed by atoms with Crippen molar-refractivity contribution in [1.82, 2.24) is 9.80 Å². The lowest BCUT2D eigenvalue weighted by Gasteiger charge is -2.41. The fraction of sp³-hybridized carbons (Fsp3) is 0.464. The van der Waals surface area contributed by atoms with Crippen LogP contribution in [0.25, 0.3) is 0 Å². The van der Waals surface area contributed by atoms with Gasteiger partial charge in [0.2, 0.25) is 5.91 Å². The molecule has 1 aliphatic heterocycles. The molecule has 5 nitrogen and oxygen atoms in total. The first-order valence-corrected chi connectivity index (χ1v) is 12.2. The summed E-state index contributed by atoms with van der Waals surface area (Å²) >= 11 is 0. The highest BCUT2D eigenvalue weighted by Crippen LogP contribution is 2.28. The van der Waals surface area contributed by atoms with Crippen LogP contribution in [0.5, 0.6) is 0 Å². The molecule has 0 bridgehead atoms. The Hall–Kier alpha value is -3.04. The molecule has 1 aliphatic carbocycles. The van der Waals surface area contributed by atoms with Crippen LogP contribution in [0.3, 0.4) is 0 Å². The van der Waals surface area contributed by atoms with Crippen molar-refractivity contribution in [3.8, 4) is 6.07 Å². The van der Waals surface area contributed by atoms with Gasteiger partial charge in [0.1, 0.15) is 5.82 Å². The monoisotopic (exact) mass is 461 g/mol. The average Bonchev–Trinajstić information content (AvgIpc) is 3.37. The fourth-order valence-electron chi connectivity index (χ4n) is 5.39. The van der Waals surface area contributed by atoms with Gasteiger partial charge in [-0.05, 0) is 61.6 Å². The van der Waals surface area contributed by atoms with E-state index in [1.165, 1.54) is 6.07 Å². The zero-order valence-electron chi connectivity index (χ0n) is 20.0. The Balaban J connectivity index is 1.45. The second-order valence-electron chi connectivity index (χ2n) is 9.70. The molecule has 178 valence electrons. The first kappa shape index (κ1) is 24.1. The molecule has 6 heteroatoms. The molecule has 4 rings (SSSR count). The maximum atomic E-state index is 14.5. The lowest BCUT2D eigenvalue weighted by molar-refractivity contribution is -0.140. The van der Waals surface area contributed by atoms with Gasteiger partial charge in [-0.3, -0.25) is 14.5 Å². The molecule has 1 saturated carbocycles. The Morgan fingerprint density at radius 2 is 1.82 bits per heavy atom. The highest BCUT2D eigenvalue weighted by atomic mass is 19.1. The topological polar surface area (TPSA) is 64.4 Å². The van der Waals surface area contributed by atoms with Gasteiger partial charge in [0.05, 0.1) is 11.6 Å². The molecular weight excluding hydrogens is 429 g/mol. The number of Topliss-reactive ketones (excluding diaryl/α,β-unsaturated/α-hetero) is 1. The van der Waals surface area contributed by atoms with Gasteiger partial charge >= 0.3 is 0 Å². The quantitative estimate of drug-likeness (QED) is 0.587. The van der Waals surface area contributed by atoms with Crippen LogP contribution < -0.4 is 0 Å². The normalized spacial score (nSPS) is 19.2. The minimum absolute atomic E-state index is 0.0509. The van der Waals surface area contributed by atoms with Gasteiger partial charge in [0.25, 0.3) is 0 Å². The summed E-state index contributed by atoms with van der Waals surface area (Å²) < 4.78 is 14.5. The molecule has 2 aromatic rings. The van der Waals surface area contributed by atoms with E-state index >= 15 is 0 Å². The summed E-state index contributed by atoms with van der Waals surface area (Å²) in [7, 11) is 0. The maximum absolute atomic E-state index is 14.5. The SMILES string of the molecule is Cc1c(CC(=O)c2ccccc2C#N)cc(F)cc1CN1CCN(C(=O)C2CCCC2)[C@@H](C)C1. The van der Waals surface area contributed by atoms with Crippen LogP contribution in [0.4, 0.5) is 4.39 Å². The number of ketones is 1. The third-order valence-corrected chi connectivity index (χ3v) is 7.38. The summed E-state index contributed by atoms with van der Waals surface area (Å²) in [6.07, 6.45) is 4.37. The van der Waals surface area contributed by atoms with Crippen molar-refractivity contribution in [2.45, 2.75) is 58.5 Å². The van der Waals surface area contributed by atoms with Gasteiger partial charge in [0, 0.05) is 50.1 Å². The highest BCUT2D eigenvalue weighted by Gasteiger charge is 2.33. The van der Waals surface area contributed by atoms with Crippen LogP contribution in [-0.4, -0.2) is 47.2 Å². The first-order valence-electron chi connectivity index (χ1n) is 12.2. The van der Waals surface area contributed by atoms with Crippen molar-refractivity contribution in [2.24, 2.45) is 5.92 Å². The number of piperazine rings is 1. The van der Waals surface area contributed by atoms with E-state index in [-0.39, 0.29) is 30.0 Å². The number of hydrogen-bond donors (Lipinski definition) is 0. The minimum Gasteiger partial charge on any atom is -0.337 e. The Bertz CT molecular complexity index is 1120.